The number of hydrogen-bond acceptors (Lipinski definition) is 3. The fraction of sp³-hybridized carbons (Fsp3) is 0.118. The molecule has 0 atom stereocenters. The van der Waals surface area contributed by atoms with Crippen LogP contribution in [0, 0.1) is 11.6 Å². The van der Waals surface area contributed by atoms with Crippen LogP contribution in [0.1, 0.15) is 5.56 Å². The van der Waals surface area contributed by atoms with Gasteiger partial charge in [0.2, 0.25) is 0 Å². The monoisotopic (exact) mass is 468 g/mol. The van der Waals surface area contributed by atoms with Gasteiger partial charge >= 0.3 is 153 Å². The number of ether oxygens (including phenoxy) is 2. The third kappa shape index (κ3) is 4.94. The number of methoxy groups -OCH3 is 2. The average molecular weight is 466 g/mol. The van der Waals surface area contributed by atoms with E-state index >= 15 is 0 Å². The summed E-state index contributed by atoms with van der Waals surface area (Å²) in [7, 11) is 3.01. The molecule has 2 aromatic carbocycles. The fourth-order valence-corrected chi connectivity index (χ4v) is 5.25. The van der Waals surface area contributed by atoms with Crippen molar-refractivity contribution >= 4 is 45.0 Å². The van der Waals surface area contributed by atoms with E-state index < -0.39 is 37.8 Å². The number of hydrogen-bond donors (Lipinski definition) is 0. The van der Waals surface area contributed by atoms with Crippen LogP contribution in [0.15, 0.2) is 42.5 Å². The molecule has 7 heteroatoms. The first-order valence-electron chi connectivity index (χ1n) is 6.70. The van der Waals surface area contributed by atoms with Gasteiger partial charge in [0, 0.05) is 0 Å². The number of allylic oxidation sites excluding steroid dienone is 1. The molecule has 3 nitrogen and oxygen atoms in total. The van der Waals surface area contributed by atoms with Crippen molar-refractivity contribution in [1.29, 1.82) is 0 Å². The van der Waals surface area contributed by atoms with Crippen molar-refractivity contribution < 1.29 is 23.0 Å². The predicted octanol–water partition coefficient (Wildman–Crippen LogP) is 3.12. The third-order valence-electron chi connectivity index (χ3n) is 2.98. The van der Waals surface area contributed by atoms with Crippen molar-refractivity contribution in [1.82, 2.24) is 0 Å². The van der Waals surface area contributed by atoms with E-state index in [1.807, 2.05) is 0 Å². The van der Waals surface area contributed by atoms with Gasteiger partial charge in [-0.3, -0.25) is 0 Å². The quantitative estimate of drug-likeness (QED) is 0.373. The molecule has 0 aliphatic rings. The molecule has 0 spiro atoms. The van der Waals surface area contributed by atoms with E-state index in [2.05, 4.69) is 0 Å². The van der Waals surface area contributed by atoms with E-state index in [1.54, 1.807) is 18.2 Å². The van der Waals surface area contributed by atoms with Crippen molar-refractivity contribution in [2.24, 2.45) is 0 Å². The van der Waals surface area contributed by atoms with E-state index in [4.69, 9.17) is 21.1 Å². The van der Waals surface area contributed by atoms with Gasteiger partial charge in [-0.2, -0.15) is 0 Å². The van der Waals surface area contributed by atoms with E-state index in [-0.39, 0.29) is 0 Å². The van der Waals surface area contributed by atoms with Gasteiger partial charge in [0.25, 0.3) is 0 Å². The van der Waals surface area contributed by atoms with Crippen molar-refractivity contribution in [3.05, 3.63) is 59.7 Å². The Bertz CT molecular complexity index is 773. The van der Waals surface area contributed by atoms with Gasteiger partial charge in [0.15, 0.2) is 0 Å². The van der Waals surface area contributed by atoms with Gasteiger partial charge in [0.05, 0.1) is 0 Å². The van der Waals surface area contributed by atoms with E-state index in [0.717, 1.165) is 6.07 Å². The number of benzene rings is 2. The Kier molecular flexibility index (Phi) is 6.61. The summed E-state index contributed by atoms with van der Waals surface area (Å²) in [5, 5.41) is -0.670. The molecule has 0 saturated carbocycles. The number of halogens is 3. The van der Waals surface area contributed by atoms with E-state index in [1.165, 1.54) is 32.4 Å². The van der Waals surface area contributed by atoms with Crippen LogP contribution in [-0.2, 0) is 4.79 Å². The Morgan fingerprint density at radius 2 is 1.75 bits per heavy atom. The molecule has 24 heavy (non-hydrogen) atoms. The maximum absolute atomic E-state index is 13.4. The average Bonchev–Trinajstić information content (AvgIpc) is 2.52. The van der Waals surface area contributed by atoms with Crippen LogP contribution in [0.2, 0.25) is 0 Å². The van der Waals surface area contributed by atoms with Gasteiger partial charge < -0.3 is 0 Å². The minimum atomic E-state index is -1.30. The molecule has 0 N–H and O–H groups in total. The molecule has 0 unspecified atom stereocenters. The molecule has 126 valence electrons. The molecule has 2 rings (SSSR count). The molecule has 0 aliphatic heterocycles. The first-order chi connectivity index (χ1) is 11.4. The summed E-state index contributed by atoms with van der Waals surface area (Å²) in [6.45, 7) is 0. The maximum atomic E-state index is 13.4. The topological polar surface area (TPSA) is 35.5 Å². The molecule has 2 aromatic rings. The molecule has 0 aliphatic carbocycles. The predicted molar refractivity (Wildman–Crippen MR) is 90.1 cm³/mol. The number of carbonyl (C=O) groups is 1. The summed E-state index contributed by atoms with van der Waals surface area (Å²) in [5.41, 5.74) is 0.609. The van der Waals surface area contributed by atoms with Crippen molar-refractivity contribution in [3.8, 4) is 11.5 Å². The van der Waals surface area contributed by atoms with Gasteiger partial charge in [-0.25, -0.2) is 0 Å². The summed E-state index contributed by atoms with van der Waals surface area (Å²) >= 11 is 4.21. The van der Waals surface area contributed by atoms with Crippen molar-refractivity contribution in [2.45, 2.75) is 0 Å². The molecule has 0 radical (unpaired) electrons. The van der Waals surface area contributed by atoms with Crippen molar-refractivity contribution in [3.63, 3.8) is 0 Å². The SMILES string of the molecule is COc1ccc(OC)c(/C(=C/C(=O)Cl)[Te]c2cc(F)cc(F)c2)c1. The second kappa shape index (κ2) is 8.48. The molecule has 0 amide bonds. The zero-order chi connectivity index (χ0) is 17.7. The van der Waals surface area contributed by atoms with Crippen LogP contribution < -0.4 is 13.1 Å². The van der Waals surface area contributed by atoms with Crippen LogP contribution in [0.5, 0.6) is 11.5 Å². The first-order valence-corrected chi connectivity index (χ1v) is 9.41. The van der Waals surface area contributed by atoms with E-state index in [0.29, 0.717) is 24.3 Å². The Balaban J connectivity index is 2.52. The molecule has 0 bridgehead atoms. The minimum absolute atomic E-state index is 0.493. The number of rotatable bonds is 6. The standard InChI is InChI=1S/C17H13ClF2O3Te/c1-22-12-3-4-15(23-2)14(8-12)16(9-17(18)21)24-13-6-10(19)5-11(20)7-13/h3-9H,1-2H3/b16-9-. The Hall–Kier alpha value is -1.61. The third-order valence-corrected chi connectivity index (χ3v) is 6.03. The summed E-state index contributed by atoms with van der Waals surface area (Å²) in [6.07, 6.45) is 1.25. The molecule has 0 heterocycles. The summed E-state index contributed by atoms with van der Waals surface area (Å²) in [5.74, 6) is -0.243. The van der Waals surface area contributed by atoms with Crippen LogP contribution in [0.4, 0.5) is 8.78 Å². The van der Waals surface area contributed by atoms with Gasteiger partial charge in [-0.15, -0.1) is 0 Å². The van der Waals surface area contributed by atoms with Crippen LogP contribution in [-0.4, -0.2) is 40.4 Å². The van der Waals surface area contributed by atoms with E-state index in [9.17, 15) is 13.6 Å². The van der Waals surface area contributed by atoms with Crippen LogP contribution in [0.3, 0.4) is 0 Å². The molecule has 0 saturated heterocycles. The molecule has 0 aromatic heterocycles. The number of carbonyl (C=O) groups excluding carboxylic acids is 1. The summed E-state index contributed by atoms with van der Waals surface area (Å²) < 4.78 is 38.4. The second-order valence-electron chi connectivity index (χ2n) is 4.59. The van der Waals surface area contributed by atoms with Gasteiger partial charge in [0.1, 0.15) is 0 Å². The molecular weight excluding hydrogens is 453 g/mol. The Morgan fingerprint density at radius 1 is 1.08 bits per heavy atom. The van der Waals surface area contributed by atoms with Gasteiger partial charge in [-0.1, -0.05) is 0 Å². The second-order valence-corrected chi connectivity index (χ2v) is 8.14. The van der Waals surface area contributed by atoms with Crippen LogP contribution >= 0.6 is 11.6 Å². The van der Waals surface area contributed by atoms with Gasteiger partial charge in [-0.05, 0) is 0 Å². The fourth-order valence-electron chi connectivity index (χ4n) is 1.99. The normalized spacial score (nSPS) is 11.3. The zero-order valence-corrected chi connectivity index (χ0v) is 15.9. The van der Waals surface area contributed by atoms with Crippen molar-refractivity contribution in [2.75, 3.05) is 14.2 Å². The first kappa shape index (κ1) is 18.7. The molecule has 0 fully saturated rings. The summed E-state index contributed by atoms with van der Waals surface area (Å²) in [4.78, 5) is 11.4. The Morgan fingerprint density at radius 3 is 2.29 bits per heavy atom. The molecular formula is C17H13ClF2O3Te. The summed E-state index contributed by atoms with van der Waals surface area (Å²) in [6, 6.07) is 8.42. The van der Waals surface area contributed by atoms with Crippen LogP contribution in [0.25, 0.3) is 3.62 Å². The zero-order valence-electron chi connectivity index (χ0n) is 12.8. The Labute approximate surface area is 153 Å².